The van der Waals surface area contributed by atoms with Crippen LogP contribution >= 0.6 is 0 Å². The third kappa shape index (κ3) is 2.52. The van der Waals surface area contributed by atoms with Crippen molar-refractivity contribution in [3.8, 4) is 0 Å². The molecule has 1 rings (SSSR count). The van der Waals surface area contributed by atoms with Gasteiger partial charge in [-0.15, -0.1) is 0 Å². The van der Waals surface area contributed by atoms with Crippen molar-refractivity contribution >= 4 is 0 Å². The van der Waals surface area contributed by atoms with Gasteiger partial charge in [0, 0.05) is 19.5 Å². The Bertz CT molecular complexity index is 286. The minimum atomic E-state index is 0.112. The van der Waals surface area contributed by atoms with Crippen LogP contribution in [0.5, 0.6) is 0 Å². The van der Waals surface area contributed by atoms with Crippen LogP contribution in [-0.4, -0.2) is 20.8 Å². The SMILES string of the molecule is Cn1ncnc1CC(NN)C(C)(C)C. The van der Waals surface area contributed by atoms with Crippen LogP contribution in [0.3, 0.4) is 0 Å². The van der Waals surface area contributed by atoms with Crippen molar-refractivity contribution in [3.05, 3.63) is 12.2 Å². The Balaban J connectivity index is 2.71. The number of nitrogens with two attached hydrogens (primary N) is 1. The minimum absolute atomic E-state index is 0.112. The number of hydrogen-bond donors (Lipinski definition) is 2. The Kier molecular flexibility index (Phi) is 3.23. The largest absolute Gasteiger partial charge is 0.271 e. The molecule has 14 heavy (non-hydrogen) atoms. The summed E-state index contributed by atoms with van der Waals surface area (Å²) in [6, 6.07) is 0.199. The highest BCUT2D eigenvalue weighted by molar-refractivity contribution is 4.92. The molecule has 5 heteroatoms. The molecule has 1 unspecified atom stereocenters. The van der Waals surface area contributed by atoms with Crippen LogP contribution in [0, 0.1) is 5.41 Å². The fourth-order valence-corrected chi connectivity index (χ4v) is 1.30. The number of nitrogens with one attached hydrogen (secondary N) is 1. The Morgan fingerprint density at radius 1 is 1.57 bits per heavy atom. The van der Waals surface area contributed by atoms with E-state index in [9.17, 15) is 0 Å². The van der Waals surface area contributed by atoms with E-state index >= 15 is 0 Å². The van der Waals surface area contributed by atoms with Crippen LogP contribution in [0.2, 0.25) is 0 Å². The molecule has 0 bridgehead atoms. The molecule has 0 aliphatic carbocycles. The maximum absolute atomic E-state index is 5.52. The number of rotatable bonds is 3. The third-order valence-electron chi connectivity index (χ3n) is 2.44. The van der Waals surface area contributed by atoms with Gasteiger partial charge in [0.05, 0.1) is 0 Å². The summed E-state index contributed by atoms with van der Waals surface area (Å²) >= 11 is 0. The van der Waals surface area contributed by atoms with E-state index in [0.29, 0.717) is 0 Å². The second kappa shape index (κ2) is 4.06. The van der Waals surface area contributed by atoms with Crippen LogP contribution < -0.4 is 11.3 Å². The highest BCUT2D eigenvalue weighted by Gasteiger charge is 2.24. The van der Waals surface area contributed by atoms with Crippen molar-refractivity contribution in [1.29, 1.82) is 0 Å². The van der Waals surface area contributed by atoms with E-state index in [4.69, 9.17) is 5.84 Å². The van der Waals surface area contributed by atoms with Gasteiger partial charge in [0.25, 0.3) is 0 Å². The quantitative estimate of drug-likeness (QED) is 0.538. The van der Waals surface area contributed by atoms with Gasteiger partial charge in [0.15, 0.2) is 0 Å². The van der Waals surface area contributed by atoms with Crippen molar-refractivity contribution in [1.82, 2.24) is 20.2 Å². The summed E-state index contributed by atoms with van der Waals surface area (Å²) in [4.78, 5) is 4.17. The maximum Gasteiger partial charge on any atom is 0.138 e. The number of hydrazine groups is 1. The molecule has 5 nitrogen and oxygen atoms in total. The molecule has 0 fully saturated rings. The van der Waals surface area contributed by atoms with Crippen molar-refractivity contribution < 1.29 is 0 Å². The lowest BCUT2D eigenvalue weighted by molar-refractivity contribution is 0.264. The summed E-state index contributed by atoms with van der Waals surface area (Å²) in [6.45, 7) is 6.44. The van der Waals surface area contributed by atoms with Crippen LogP contribution in [-0.2, 0) is 13.5 Å². The van der Waals surface area contributed by atoms with Gasteiger partial charge >= 0.3 is 0 Å². The highest BCUT2D eigenvalue weighted by Crippen LogP contribution is 2.20. The molecule has 0 aliphatic rings. The molecular weight excluding hydrogens is 178 g/mol. The number of aryl methyl sites for hydroxylation is 1. The molecule has 0 aromatic carbocycles. The molecule has 1 heterocycles. The van der Waals surface area contributed by atoms with E-state index in [1.807, 2.05) is 7.05 Å². The molecule has 3 N–H and O–H groups in total. The van der Waals surface area contributed by atoms with Crippen molar-refractivity contribution in [2.45, 2.75) is 33.2 Å². The molecule has 1 aromatic heterocycles. The van der Waals surface area contributed by atoms with Gasteiger partial charge in [-0.3, -0.25) is 16.0 Å². The van der Waals surface area contributed by atoms with E-state index in [0.717, 1.165) is 12.2 Å². The Morgan fingerprint density at radius 2 is 2.21 bits per heavy atom. The molecular formula is C9H19N5. The van der Waals surface area contributed by atoms with Crippen LogP contribution in [0.15, 0.2) is 6.33 Å². The summed E-state index contributed by atoms with van der Waals surface area (Å²) in [7, 11) is 1.89. The first-order chi connectivity index (χ1) is 6.45. The van der Waals surface area contributed by atoms with E-state index in [1.54, 1.807) is 11.0 Å². The molecule has 1 aromatic rings. The first-order valence-corrected chi connectivity index (χ1v) is 4.74. The van der Waals surface area contributed by atoms with Crippen LogP contribution in [0.4, 0.5) is 0 Å². The number of nitrogens with zero attached hydrogens (tertiary/aromatic N) is 3. The van der Waals surface area contributed by atoms with Gasteiger partial charge in [0.1, 0.15) is 12.2 Å². The van der Waals surface area contributed by atoms with Gasteiger partial charge in [-0.1, -0.05) is 20.8 Å². The summed E-state index contributed by atoms with van der Waals surface area (Å²) in [6.07, 6.45) is 2.35. The third-order valence-corrected chi connectivity index (χ3v) is 2.44. The molecule has 80 valence electrons. The zero-order valence-electron chi connectivity index (χ0n) is 9.28. The average molecular weight is 197 g/mol. The maximum atomic E-state index is 5.52. The van der Waals surface area contributed by atoms with Gasteiger partial charge in [-0.2, -0.15) is 5.10 Å². The van der Waals surface area contributed by atoms with Crippen LogP contribution in [0.1, 0.15) is 26.6 Å². The molecule has 0 spiro atoms. The second-order valence-electron chi connectivity index (χ2n) is 4.59. The zero-order chi connectivity index (χ0) is 10.8. The Hall–Kier alpha value is -0.940. The van der Waals surface area contributed by atoms with Crippen molar-refractivity contribution in [2.24, 2.45) is 18.3 Å². The lowest BCUT2D eigenvalue weighted by Crippen LogP contribution is -2.46. The summed E-state index contributed by atoms with van der Waals surface area (Å²) in [5.41, 5.74) is 2.94. The van der Waals surface area contributed by atoms with Crippen LogP contribution in [0.25, 0.3) is 0 Å². The Labute approximate surface area is 84.7 Å². The number of aromatic nitrogens is 3. The molecule has 0 saturated carbocycles. The monoisotopic (exact) mass is 197 g/mol. The average Bonchev–Trinajstić information content (AvgIpc) is 2.45. The van der Waals surface area contributed by atoms with E-state index in [-0.39, 0.29) is 11.5 Å². The van der Waals surface area contributed by atoms with Gasteiger partial charge in [-0.25, -0.2) is 4.98 Å². The minimum Gasteiger partial charge on any atom is -0.271 e. The predicted molar refractivity (Wildman–Crippen MR) is 55.3 cm³/mol. The molecule has 1 atom stereocenters. The van der Waals surface area contributed by atoms with Gasteiger partial charge in [0.2, 0.25) is 0 Å². The van der Waals surface area contributed by atoms with E-state index in [2.05, 4.69) is 36.3 Å². The fraction of sp³-hybridized carbons (Fsp3) is 0.778. The van der Waals surface area contributed by atoms with E-state index < -0.39 is 0 Å². The zero-order valence-corrected chi connectivity index (χ0v) is 9.28. The van der Waals surface area contributed by atoms with Crippen molar-refractivity contribution in [3.63, 3.8) is 0 Å². The molecule has 0 saturated heterocycles. The number of hydrogen-bond acceptors (Lipinski definition) is 4. The first-order valence-electron chi connectivity index (χ1n) is 4.74. The van der Waals surface area contributed by atoms with Gasteiger partial charge < -0.3 is 0 Å². The first kappa shape index (κ1) is 11.1. The van der Waals surface area contributed by atoms with Gasteiger partial charge in [-0.05, 0) is 5.41 Å². The summed E-state index contributed by atoms with van der Waals surface area (Å²) < 4.78 is 1.77. The Morgan fingerprint density at radius 3 is 2.57 bits per heavy atom. The molecule has 0 aliphatic heterocycles. The summed E-state index contributed by atoms with van der Waals surface area (Å²) in [5, 5.41) is 4.02. The fourth-order valence-electron chi connectivity index (χ4n) is 1.30. The smallest absolute Gasteiger partial charge is 0.138 e. The molecule has 0 amide bonds. The van der Waals surface area contributed by atoms with E-state index in [1.165, 1.54) is 0 Å². The highest BCUT2D eigenvalue weighted by atomic mass is 15.3. The standard InChI is InChI=1S/C9H19N5/c1-9(2,3)7(13-10)5-8-11-6-12-14(8)4/h6-7,13H,5,10H2,1-4H3. The topological polar surface area (TPSA) is 68.8 Å². The second-order valence-corrected chi connectivity index (χ2v) is 4.59. The van der Waals surface area contributed by atoms with Crippen molar-refractivity contribution in [2.75, 3.05) is 0 Å². The lowest BCUT2D eigenvalue weighted by Gasteiger charge is -2.29. The molecule has 0 radical (unpaired) electrons. The normalized spacial score (nSPS) is 14.4. The predicted octanol–water partition coefficient (Wildman–Crippen LogP) is 0.236. The summed E-state index contributed by atoms with van der Waals surface area (Å²) in [5.74, 6) is 6.47. The lowest BCUT2D eigenvalue weighted by atomic mass is 9.85.